The molecule has 21 heavy (non-hydrogen) atoms. The van der Waals surface area contributed by atoms with Gasteiger partial charge in [-0.25, -0.2) is 4.39 Å². The molecule has 0 saturated heterocycles. The van der Waals surface area contributed by atoms with Crippen molar-refractivity contribution in [1.29, 1.82) is 0 Å². The highest BCUT2D eigenvalue weighted by Crippen LogP contribution is 2.58. The Morgan fingerprint density at radius 1 is 1.29 bits per heavy atom. The van der Waals surface area contributed by atoms with Gasteiger partial charge in [0.1, 0.15) is 6.17 Å². The summed E-state index contributed by atoms with van der Waals surface area (Å²) in [6.45, 7) is 7.80. The minimum absolute atomic E-state index is 0.0210. The Kier molecular flexibility index (Phi) is 5.04. The number of hydrogen-bond donors (Lipinski definition) is 2. The molecule has 2 fully saturated rings. The van der Waals surface area contributed by atoms with Crippen molar-refractivity contribution in [2.24, 2.45) is 23.2 Å². The van der Waals surface area contributed by atoms with Crippen molar-refractivity contribution in [3.05, 3.63) is 0 Å². The molecule has 124 valence electrons. The summed E-state index contributed by atoms with van der Waals surface area (Å²) in [5.74, 6) is 0.752. The van der Waals surface area contributed by atoms with E-state index in [1.807, 2.05) is 6.92 Å². The van der Waals surface area contributed by atoms with Gasteiger partial charge in [-0.05, 0) is 75.5 Å². The quantitative estimate of drug-likeness (QED) is 0.803. The predicted molar refractivity (Wildman–Crippen MR) is 83.8 cm³/mol. The molecule has 0 bridgehead atoms. The lowest BCUT2D eigenvalue weighted by atomic mass is 9.61. The van der Waals surface area contributed by atoms with Crippen molar-refractivity contribution in [2.45, 2.75) is 90.5 Å². The summed E-state index contributed by atoms with van der Waals surface area (Å²) in [6, 6.07) is 0. The zero-order valence-corrected chi connectivity index (χ0v) is 14.1. The predicted octanol–water partition coefficient (Wildman–Crippen LogP) is 4.09. The maximum atomic E-state index is 14.6. The van der Waals surface area contributed by atoms with Gasteiger partial charge in [-0.3, -0.25) is 0 Å². The summed E-state index contributed by atoms with van der Waals surface area (Å²) >= 11 is 0. The van der Waals surface area contributed by atoms with Gasteiger partial charge in [-0.1, -0.05) is 20.3 Å². The fraction of sp³-hybridized carbons (Fsp3) is 1.00. The second-order valence-electron chi connectivity index (χ2n) is 8.48. The maximum absolute atomic E-state index is 14.6. The Balaban J connectivity index is 2.00. The van der Waals surface area contributed by atoms with Crippen molar-refractivity contribution in [2.75, 3.05) is 0 Å². The summed E-state index contributed by atoms with van der Waals surface area (Å²) < 4.78 is 14.6. The largest absolute Gasteiger partial charge is 0.393 e. The lowest BCUT2D eigenvalue weighted by Gasteiger charge is -2.45. The molecule has 6 atom stereocenters. The maximum Gasteiger partial charge on any atom is 0.103 e. The van der Waals surface area contributed by atoms with Gasteiger partial charge >= 0.3 is 0 Å². The first-order valence-corrected chi connectivity index (χ1v) is 8.69. The van der Waals surface area contributed by atoms with Crippen LogP contribution in [0.2, 0.25) is 0 Å². The second kappa shape index (κ2) is 6.16. The molecule has 0 spiro atoms. The number of hydrogen-bond acceptors (Lipinski definition) is 2. The average molecular weight is 300 g/mol. The van der Waals surface area contributed by atoms with Crippen molar-refractivity contribution < 1.29 is 14.6 Å². The third-order valence-corrected chi connectivity index (χ3v) is 6.40. The van der Waals surface area contributed by atoms with E-state index in [9.17, 15) is 14.6 Å². The lowest BCUT2D eigenvalue weighted by molar-refractivity contribution is -0.0376. The van der Waals surface area contributed by atoms with Gasteiger partial charge in [0.05, 0.1) is 11.7 Å². The molecule has 3 heteroatoms. The van der Waals surface area contributed by atoms with E-state index in [2.05, 4.69) is 6.92 Å². The van der Waals surface area contributed by atoms with Crippen molar-refractivity contribution in [3.63, 3.8) is 0 Å². The fourth-order valence-electron chi connectivity index (χ4n) is 5.06. The Bertz CT molecular complexity index is 352. The summed E-state index contributed by atoms with van der Waals surface area (Å²) in [6.07, 6.45) is 5.11. The van der Waals surface area contributed by atoms with E-state index in [0.29, 0.717) is 24.7 Å². The minimum Gasteiger partial charge on any atom is -0.393 e. The van der Waals surface area contributed by atoms with Gasteiger partial charge in [0.15, 0.2) is 0 Å². The third-order valence-electron chi connectivity index (χ3n) is 6.40. The summed E-state index contributed by atoms with van der Waals surface area (Å²) in [7, 11) is 0. The zero-order chi connectivity index (χ0) is 15.8. The molecule has 2 aliphatic carbocycles. The Labute approximate surface area is 129 Å². The summed E-state index contributed by atoms with van der Waals surface area (Å²) in [5.41, 5.74) is -0.677. The van der Waals surface area contributed by atoms with Crippen LogP contribution in [0.4, 0.5) is 4.39 Å². The van der Waals surface area contributed by atoms with E-state index < -0.39 is 11.8 Å². The van der Waals surface area contributed by atoms with Crippen LogP contribution in [0.3, 0.4) is 0 Å². The fourth-order valence-corrected chi connectivity index (χ4v) is 5.06. The molecule has 0 amide bonds. The number of rotatable bonds is 5. The second-order valence-corrected chi connectivity index (χ2v) is 8.48. The standard InChI is InChI=1S/C18H33FO2/c1-12(15(19)9-11-17(2,3)21)13-7-8-14-16(20)6-5-10-18(13,14)4/h12-16,20-21H,5-11H2,1-4H3/t12-,13+,14-,15+,16-,18+/m0/s1. The monoisotopic (exact) mass is 300 g/mol. The number of alkyl halides is 1. The van der Waals surface area contributed by atoms with Gasteiger partial charge in [-0.2, -0.15) is 0 Å². The Morgan fingerprint density at radius 3 is 2.57 bits per heavy atom. The molecule has 2 N–H and O–H groups in total. The van der Waals surface area contributed by atoms with E-state index in [0.717, 1.165) is 32.1 Å². The number of halogens is 1. The summed E-state index contributed by atoms with van der Waals surface area (Å²) in [4.78, 5) is 0. The van der Waals surface area contributed by atoms with Gasteiger partial charge in [0.25, 0.3) is 0 Å². The van der Waals surface area contributed by atoms with E-state index in [1.165, 1.54) is 0 Å². The molecule has 0 unspecified atom stereocenters. The van der Waals surface area contributed by atoms with Crippen LogP contribution in [-0.2, 0) is 0 Å². The molecule has 0 radical (unpaired) electrons. The van der Waals surface area contributed by atoms with Crippen LogP contribution >= 0.6 is 0 Å². The van der Waals surface area contributed by atoms with Crippen LogP contribution in [0, 0.1) is 23.2 Å². The smallest absolute Gasteiger partial charge is 0.103 e. The number of aliphatic hydroxyl groups is 2. The van der Waals surface area contributed by atoms with Gasteiger partial charge in [0.2, 0.25) is 0 Å². The molecule has 2 rings (SSSR count). The molecule has 0 heterocycles. The normalized spacial score (nSPS) is 39.9. The molecule has 0 aliphatic heterocycles. The van der Waals surface area contributed by atoms with Crippen LogP contribution < -0.4 is 0 Å². The van der Waals surface area contributed by atoms with E-state index in [-0.39, 0.29) is 17.4 Å². The molecule has 2 aliphatic rings. The molecule has 0 aromatic carbocycles. The highest BCUT2D eigenvalue weighted by Gasteiger charge is 2.53. The molecular formula is C18H33FO2. The molecule has 2 saturated carbocycles. The first-order chi connectivity index (χ1) is 9.65. The van der Waals surface area contributed by atoms with E-state index in [1.54, 1.807) is 13.8 Å². The SMILES string of the molecule is C[C@H]([C@H](F)CCC(C)(C)O)[C@H]1CC[C@H]2[C@@H](O)CCC[C@]12C. The van der Waals surface area contributed by atoms with Gasteiger partial charge < -0.3 is 10.2 Å². The minimum atomic E-state index is -0.851. The molecule has 0 aromatic heterocycles. The first-order valence-electron chi connectivity index (χ1n) is 8.69. The highest BCUT2D eigenvalue weighted by atomic mass is 19.1. The van der Waals surface area contributed by atoms with Crippen molar-refractivity contribution >= 4 is 0 Å². The van der Waals surface area contributed by atoms with E-state index >= 15 is 0 Å². The van der Waals surface area contributed by atoms with E-state index in [4.69, 9.17) is 0 Å². The Hall–Kier alpha value is -0.150. The van der Waals surface area contributed by atoms with Crippen LogP contribution in [0.1, 0.15) is 72.6 Å². The summed E-state index contributed by atoms with van der Waals surface area (Å²) in [5, 5.41) is 20.1. The Morgan fingerprint density at radius 2 is 1.95 bits per heavy atom. The van der Waals surface area contributed by atoms with Crippen LogP contribution in [0.15, 0.2) is 0 Å². The van der Waals surface area contributed by atoms with Crippen molar-refractivity contribution in [1.82, 2.24) is 0 Å². The molecular weight excluding hydrogens is 267 g/mol. The van der Waals surface area contributed by atoms with Crippen LogP contribution in [-0.4, -0.2) is 28.1 Å². The molecule has 0 aromatic rings. The van der Waals surface area contributed by atoms with Crippen LogP contribution in [0.5, 0.6) is 0 Å². The molecule has 2 nitrogen and oxygen atoms in total. The third kappa shape index (κ3) is 3.61. The highest BCUT2D eigenvalue weighted by molar-refractivity contribution is 5.02. The van der Waals surface area contributed by atoms with Crippen molar-refractivity contribution in [3.8, 4) is 0 Å². The number of fused-ring (bicyclic) bond motifs is 1. The first kappa shape index (κ1) is 17.2. The zero-order valence-electron chi connectivity index (χ0n) is 14.1. The topological polar surface area (TPSA) is 40.5 Å². The average Bonchev–Trinajstić information content (AvgIpc) is 2.73. The van der Waals surface area contributed by atoms with Gasteiger partial charge in [-0.15, -0.1) is 0 Å². The van der Waals surface area contributed by atoms with Crippen LogP contribution in [0.25, 0.3) is 0 Å². The number of aliphatic hydroxyl groups excluding tert-OH is 1. The van der Waals surface area contributed by atoms with Gasteiger partial charge in [0, 0.05) is 0 Å². The lowest BCUT2D eigenvalue weighted by Crippen LogP contribution is -2.43.